The topological polar surface area (TPSA) is 83.1 Å². The Morgan fingerprint density at radius 1 is 0.923 bits per heavy atom. The summed E-state index contributed by atoms with van der Waals surface area (Å²) >= 11 is 0. The van der Waals surface area contributed by atoms with Crippen LogP contribution < -0.4 is 19.5 Å². The molecule has 0 radical (unpaired) electrons. The number of carbonyl (C=O) groups is 2. The van der Waals surface area contributed by atoms with Crippen molar-refractivity contribution >= 4 is 17.6 Å². The maximum atomic E-state index is 12.3. The molecule has 2 aromatic rings. The summed E-state index contributed by atoms with van der Waals surface area (Å²) in [6, 6.07) is 11.6. The molecule has 0 aromatic heterocycles. The van der Waals surface area contributed by atoms with Gasteiger partial charge in [-0.2, -0.15) is 0 Å². The molecular formula is C19H21NO6. The summed E-state index contributed by atoms with van der Waals surface area (Å²) in [5.74, 6) is 0.268. The molecule has 0 bridgehead atoms. The number of para-hydroxylation sites is 2. The van der Waals surface area contributed by atoms with E-state index in [-0.39, 0.29) is 5.56 Å². The van der Waals surface area contributed by atoms with E-state index in [1.807, 2.05) is 0 Å². The van der Waals surface area contributed by atoms with Crippen molar-refractivity contribution in [2.24, 2.45) is 0 Å². The molecule has 0 spiro atoms. The smallest absolute Gasteiger partial charge is 0.339 e. The molecule has 0 saturated heterocycles. The number of benzene rings is 2. The van der Waals surface area contributed by atoms with Gasteiger partial charge in [0.05, 0.1) is 32.6 Å². The summed E-state index contributed by atoms with van der Waals surface area (Å²) in [4.78, 5) is 24.6. The third-order valence-electron chi connectivity index (χ3n) is 3.61. The van der Waals surface area contributed by atoms with Gasteiger partial charge in [0.25, 0.3) is 5.91 Å². The predicted octanol–water partition coefficient (Wildman–Crippen LogP) is 2.90. The van der Waals surface area contributed by atoms with Gasteiger partial charge in [-0.05, 0) is 31.2 Å². The van der Waals surface area contributed by atoms with Crippen LogP contribution in [0.15, 0.2) is 42.5 Å². The zero-order valence-corrected chi connectivity index (χ0v) is 15.1. The number of amides is 1. The normalized spacial score (nSPS) is 11.2. The lowest BCUT2D eigenvalue weighted by atomic mass is 10.2. The van der Waals surface area contributed by atoms with Crippen LogP contribution in [0, 0.1) is 0 Å². The minimum atomic E-state index is -1.01. The Hall–Kier alpha value is -3.22. The summed E-state index contributed by atoms with van der Waals surface area (Å²) in [5, 5.41) is 2.67. The first-order valence-electron chi connectivity index (χ1n) is 7.86. The van der Waals surface area contributed by atoms with E-state index in [2.05, 4.69) is 5.32 Å². The number of ether oxygens (including phenoxy) is 4. The van der Waals surface area contributed by atoms with Gasteiger partial charge in [-0.1, -0.05) is 12.1 Å². The Morgan fingerprint density at radius 3 is 2.12 bits per heavy atom. The molecule has 0 saturated carbocycles. The van der Waals surface area contributed by atoms with E-state index in [4.69, 9.17) is 18.9 Å². The fourth-order valence-electron chi connectivity index (χ4n) is 2.19. The van der Waals surface area contributed by atoms with Crippen molar-refractivity contribution in [2.75, 3.05) is 26.6 Å². The van der Waals surface area contributed by atoms with Crippen molar-refractivity contribution in [3.8, 4) is 17.2 Å². The molecule has 0 heterocycles. The van der Waals surface area contributed by atoms with Crippen LogP contribution in [0.1, 0.15) is 17.3 Å². The molecule has 26 heavy (non-hydrogen) atoms. The maximum Gasteiger partial charge on any atom is 0.339 e. The second-order valence-electron chi connectivity index (χ2n) is 5.34. The minimum absolute atomic E-state index is 0.221. The molecule has 1 N–H and O–H groups in total. The van der Waals surface area contributed by atoms with Gasteiger partial charge in [-0.3, -0.25) is 4.79 Å². The SMILES string of the molecule is COc1cc(OC)cc(C(=O)OC(C)C(=O)Nc2ccccc2OC)c1. The Balaban J connectivity index is 2.07. The Morgan fingerprint density at radius 2 is 1.54 bits per heavy atom. The van der Waals surface area contributed by atoms with Crippen molar-refractivity contribution < 1.29 is 28.5 Å². The van der Waals surface area contributed by atoms with Gasteiger partial charge < -0.3 is 24.3 Å². The van der Waals surface area contributed by atoms with Crippen LogP contribution in [-0.4, -0.2) is 39.3 Å². The number of hydrogen-bond donors (Lipinski definition) is 1. The van der Waals surface area contributed by atoms with E-state index in [0.717, 1.165) is 0 Å². The fourth-order valence-corrected chi connectivity index (χ4v) is 2.19. The van der Waals surface area contributed by atoms with Crippen LogP contribution in [0.3, 0.4) is 0 Å². The van der Waals surface area contributed by atoms with Crippen LogP contribution in [0.25, 0.3) is 0 Å². The van der Waals surface area contributed by atoms with E-state index in [9.17, 15) is 9.59 Å². The molecule has 0 aliphatic rings. The van der Waals surface area contributed by atoms with Gasteiger partial charge in [0.1, 0.15) is 17.2 Å². The molecule has 0 aliphatic heterocycles. The summed E-state index contributed by atoms with van der Waals surface area (Å²) in [5.41, 5.74) is 0.712. The lowest BCUT2D eigenvalue weighted by Crippen LogP contribution is -2.30. The average Bonchev–Trinajstić information content (AvgIpc) is 2.67. The molecule has 1 amide bonds. The van der Waals surface area contributed by atoms with Crippen molar-refractivity contribution in [2.45, 2.75) is 13.0 Å². The van der Waals surface area contributed by atoms with Gasteiger partial charge in [-0.15, -0.1) is 0 Å². The van der Waals surface area contributed by atoms with Crippen molar-refractivity contribution in [3.05, 3.63) is 48.0 Å². The molecular weight excluding hydrogens is 338 g/mol. The summed E-state index contributed by atoms with van der Waals surface area (Å²) < 4.78 is 20.7. The van der Waals surface area contributed by atoms with Gasteiger partial charge in [-0.25, -0.2) is 4.79 Å². The Bertz CT molecular complexity index is 767. The van der Waals surface area contributed by atoms with Gasteiger partial charge >= 0.3 is 5.97 Å². The predicted molar refractivity (Wildman–Crippen MR) is 96.0 cm³/mol. The highest BCUT2D eigenvalue weighted by Gasteiger charge is 2.21. The van der Waals surface area contributed by atoms with Crippen LogP contribution in [0.4, 0.5) is 5.69 Å². The molecule has 7 heteroatoms. The zero-order chi connectivity index (χ0) is 19.1. The molecule has 0 aliphatic carbocycles. The third-order valence-corrected chi connectivity index (χ3v) is 3.61. The summed E-state index contributed by atoms with van der Waals surface area (Å²) in [6.07, 6.45) is -1.01. The molecule has 0 fully saturated rings. The molecule has 1 unspecified atom stereocenters. The number of nitrogens with one attached hydrogen (secondary N) is 1. The van der Waals surface area contributed by atoms with Crippen molar-refractivity contribution in [1.82, 2.24) is 0 Å². The second-order valence-corrected chi connectivity index (χ2v) is 5.34. The Labute approximate surface area is 151 Å². The second kappa shape index (κ2) is 8.75. The highest BCUT2D eigenvalue weighted by molar-refractivity contribution is 5.98. The van der Waals surface area contributed by atoms with Gasteiger partial charge in [0, 0.05) is 6.07 Å². The molecule has 138 valence electrons. The fraction of sp³-hybridized carbons (Fsp3) is 0.263. The van der Waals surface area contributed by atoms with Crippen molar-refractivity contribution in [3.63, 3.8) is 0 Å². The standard InChI is InChI=1S/C19H21NO6/c1-12(18(21)20-16-7-5-6-8-17(16)25-4)26-19(22)13-9-14(23-2)11-15(10-13)24-3/h5-12H,1-4H3,(H,20,21). The van der Waals surface area contributed by atoms with E-state index >= 15 is 0 Å². The lowest BCUT2D eigenvalue weighted by molar-refractivity contribution is -0.123. The third kappa shape index (κ3) is 4.66. The van der Waals surface area contributed by atoms with E-state index < -0.39 is 18.0 Å². The van der Waals surface area contributed by atoms with Crippen LogP contribution in [0.5, 0.6) is 17.2 Å². The summed E-state index contributed by atoms with van der Waals surface area (Å²) in [7, 11) is 4.46. The van der Waals surface area contributed by atoms with Crippen LogP contribution in [-0.2, 0) is 9.53 Å². The molecule has 1 atom stereocenters. The minimum Gasteiger partial charge on any atom is -0.497 e. The van der Waals surface area contributed by atoms with Gasteiger partial charge in [0.2, 0.25) is 0 Å². The number of hydrogen-bond acceptors (Lipinski definition) is 6. The largest absolute Gasteiger partial charge is 0.497 e. The highest BCUT2D eigenvalue weighted by Crippen LogP contribution is 2.25. The zero-order valence-electron chi connectivity index (χ0n) is 15.1. The highest BCUT2D eigenvalue weighted by atomic mass is 16.5. The number of esters is 1. The first-order chi connectivity index (χ1) is 12.5. The number of rotatable bonds is 7. The number of carbonyl (C=O) groups excluding carboxylic acids is 2. The maximum absolute atomic E-state index is 12.3. The molecule has 7 nitrogen and oxygen atoms in total. The first-order valence-corrected chi connectivity index (χ1v) is 7.86. The van der Waals surface area contributed by atoms with Crippen LogP contribution >= 0.6 is 0 Å². The van der Waals surface area contributed by atoms with Gasteiger partial charge in [0.15, 0.2) is 6.10 Å². The molecule has 2 aromatic carbocycles. The molecule has 2 rings (SSSR count). The van der Waals surface area contributed by atoms with E-state index in [1.165, 1.54) is 40.4 Å². The quantitative estimate of drug-likeness (QED) is 0.766. The average molecular weight is 359 g/mol. The number of anilines is 1. The van der Waals surface area contributed by atoms with E-state index in [0.29, 0.717) is 22.9 Å². The lowest BCUT2D eigenvalue weighted by Gasteiger charge is -2.15. The van der Waals surface area contributed by atoms with Crippen molar-refractivity contribution in [1.29, 1.82) is 0 Å². The summed E-state index contributed by atoms with van der Waals surface area (Å²) in [6.45, 7) is 1.49. The monoisotopic (exact) mass is 359 g/mol. The number of methoxy groups -OCH3 is 3. The Kier molecular flexibility index (Phi) is 6.43. The van der Waals surface area contributed by atoms with E-state index in [1.54, 1.807) is 30.3 Å². The van der Waals surface area contributed by atoms with Crippen LogP contribution in [0.2, 0.25) is 0 Å². The first kappa shape index (κ1) is 19.1.